The fourth-order valence-electron chi connectivity index (χ4n) is 9.79. The van der Waals surface area contributed by atoms with Crippen molar-refractivity contribution in [2.75, 3.05) is 0 Å². The molecule has 0 amide bonds. The van der Waals surface area contributed by atoms with Gasteiger partial charge in [0.05, 0.1) is 12.2 Å². The molecule has 0 unspecified atom stereocenters. The molecule has 4 aliphatic carbocycles. The third-order valence-electron chi connectivity index (χ3n) is 11.6. The molecule has 0 radical (unpaired) electrons. The number of fused-ring (bicyclic) bond motifs is 5. The molecular weight excluding hydrogens is 491 g/mol. The van der Waals surface area contributed by atoms with Crippen molar-refractivity contribution in [2.24, 2.45) is 39.9 Å². The van der Waals surface area contributed by atoms with Crippen molar-refractivity contribution in [2.45, 2.75) is 118 Å². The number of carboxylic acids is 1. The summed E-state index contributed by atoms with van der Waals surface area (Å²) in [5.41, 5.74) is 1.57. The molecule has 210 valence electrons. The van der Waals surface area contributed by atoms with Crippen LogP contribution in [0.4, 0.5) is 0 Å². The predicted molar refractivity (Wildman–Crippen MR) is 144 cm³/mol. The topological polar surface area (TPSA) is 104 Å². The van der Waals surface area contributed by atoms with E-state index in [0.29, 0.717) is 37.2 Å². The van der Waals surface area contributed by atoms with Crippen LogP contribution in [-0.4, -0.2) is 45.6 Å². The summed E-state index contributed by atoms with van der Waals surface area (Å²) in [5.74, 6) is -0.909. The van der Waals surface area contributed by atoms with Crippen LogP contribution in [-0.2, 0) is 14.3 Å². The molecule has 3 N–H and O–H groups in total. The number of aliphatic hydroxyl groups excluding tert-OH is 2. The van der Waals surface area contributed by atoms with Gasteiger partial charge in [-0.1, -0.05) is 39.3 Å². The number of hydrogen-bond donors (Lipinski definition) is 3. The van der Waals surface area contributed by atoms with E-state index in [1.54, 1.807) is 0 Å². The van der Waals surface area contributed by atoms with Gasteiger partial charge in [-0.2, -0.15) is 0 Å². The van der Waals surface area contributed by atoms with Crippen LogP contribution in [0.5, 0.6) is 0 Å². The first kappa shape index (κ1) is 31.9. The summed E-state index contributed by atoms with van der Waals surface area (Å²) >= 11 is 0. The van der Waals surface area contributed by atoms with E-state index in [2.05, 4.69) is 27.7 Å². The van der Waals surface area contributed by atoms with Gasteiger partial charge < -0.3 is 21.5 Å². The first-order valence-electron chi connectivity index (χ1n) is 14.3. The molecule has 0 saturated heterocycles. The molecule has 0 heterocycles. The van der Waals surface area contributed by atoms with Gasteiger partial charge in [-0.3, -0.25) is 4.79 Å². The molecule has 0 aliphatic heterocycles. The zero-order valence-electron chi connectivity index (χ0n) is 25.8. The van der Waals surface area contributed by atoms with Gasteiger partial charge in [-0.05, 0) is 111 Å². The van der Waals surface area contributed by atoms with Crippen LogP contribution in [0.25, 0.3) is 0 Å². The van der Waals surface area contributed by atoms with Crippen molar-refractivity contribution in [3.63, 3.8) is 0 Å². The number of esters is 1. The Morgan fingerprint density at radius 3 is 2.29 bits per heavy atom. The second kappa shape index (κ2) is 11.3. The maximum atomic E-state index is 12.6. The van der Waals surface area contributed by atoms with Crippen LogP contribution in [0.1, 0.15) is 101 Å². The van der Waals surface area contributed by atoms with Gasteiger partial charge in [0.25, 0.3) is 0 Å². The summed E-state index contributed by atoms with van der Waals surface area (Å²) in [6, 6.07) is 0. The summed E-state index contributed by atoms with van der Waals surface area (Å²) in [6.07, 6.45) is 6.22. The summed E-state index contributed by atoms with van der Waals surface area (Å²) in [5, 5.41) is 32.9. The first-order chi connectivity index (χ1) is 17.2. The normalized spacial score (nSPS) is 45.0. The van der Waals surface area contributed by atoms with Gasteiger partial charge in [0.2, 0.25) is 0 Å². The SMILES string of the molecule is CC(=O)O[C@H]1C[C@@]2(C)[C@@H](C[C@@H](O)[C@H]3[C@@]4(C)CC[C@@H](O)[C@@H](C)[C@@H]4CC[C@@]32C)/C1=C(\CCC=C(C)C)C(=O)O.[H-].[Na+]. The van der Waals surface area contributed by atoms with Crippen LogP contribution < -0.4 is 29.6 Å². The van der Waals surface area contributed by atoms with Crippen LogP contribution in [0.15, 0.2) is 22.8 Å². The number of aliphatic carboxylic acids is 1. The molecule has 0 aromatic heterocycles. The zero-order valence-corrected chi connectivity index (χ0v) is 26.8. The Balaban J connectivity index is 0.00000267. The van der Waals surface area contributed by atoms with Gasteiger partial charge >= 0.3 is 41.5 Å². The number of allylic oxidation sites excluding steroid dienone is 2. The fraction of sp³-hybridized carbons (Fsp3) is 0.806. The monoisotopic (exact) mass is 540 g/mol. The predicted octanol–water partition coefficient (Wildman–Crippen LogP) is 2.78. The molecule has 4 fully saturated rings. The van der Waals surface area contributed by atoms with E-state index in [1.807, 2.05) is 19.9 Å². The molecule has 0 aromatic rings. The molecule has 38 heavy (non-hydrogen) atoms. The summed E-state index contributed by atoms with van der Waals surface area (Å²) in [7, 11) is 0. The maximum Gasteiger partial charge on any atom is 1.00 e. The second-order valence-corrected chi connectivity index (χ2v) is 13.6. The molecule has 0 aromatic carbocycles. The molecule has 6 nitrogen and oxygen atoms in total. The standard InChI is InChI=1S/C31H48O6.Na.H/c1-17(2)9-8-10-20(28(35)36)26-22-15-24(34)27-29(5)13-12-23(33)18(3)21(29)11-14-30(27,6)31(22,7)16-25(26)37-19(4)32;;/h9,18,21-25,27,33-34H,8,10-16H2,1-7H3,(H,35,36);;/q;+1;-1/b26-20-;;/t18-,21-,22-,23+,24+,25-,27-,29-,30-,31-;;/m0../s1. The van der Waals surface area contributed by atoms with Gasteiger partial charge in [-0.15, -0.1) is 0 Å². The average Bonchev–Trinajstić information content (AvgIpc) is 3.05. The number of carboxylic acid groups (broad SMARTS) is 1. The van der Waals surface area contributed by atoms with Crippen LogP contribution in [0.3, 0.4) is 0 Å². The molecule has 10 atom stereocenters. The van der Waals surface area contributed by atoms with E-state index in [0.717, 1.165) is 36.8 Å². The van der Waals surface area contributed by atoms with E-state index in [1.165, 1.54) is 6.92 Å². The second-order valence-electron chi connectivity index (χ2n) is 13.6. The Hall–Kier alpha value is -0.660. The summed E-state index contributed by atoms with van der Waals surface area (Å²) < 4.78 is 5.87. The fourth-order valence-corrected chi connectivity index (χ4v) is 9.79. The van der Waals surface area contributed by atoms with Gasteiger partial charge in [0, 0.05) is 12.5 Å². The molecule has 4 rings (SSSR count). The van der Waals surface area contributed by atoms with Crippen molar-refractivity contribution in [1.82, 2.24) is 0 Å². The van der Waals surface area contributed by atoms with Crippen molar-refractivity contribution in [3.05, 3.63) is 22.8 Å². The average molecular weight is 541 g/mol. The largest absolute Gasteiger partial charge is 1.00 e. The van der Waals surface area contributed by atoms with Gasteiger partial charge in [0.15, 0.2) is 0 Å². The number of ether oxygens (including phenoxy) is 1. The van der Waals surface area contributed by atoms with E-state index < -0.39 is 24.1 Å². The quantitative estimate of drug-likeness (QED) is 0.214. The van der Waals surface area contributed by atoms with E-state index in [4.69, 9.17) is 4.74 Å². The van der Waals surface area contributed by atoms with Crippen LogP contribution in [0, 0.1) is 39.9 Å². The number of carbonyl (C=O) groups excluding carboxylic acids is 1. The molecular formula is C31H49NaO6. The molecule has 4 saturated carbocycles. The summed E-state index contributed by atoms with van der Waals surface area (Å²) in [6.45, 7) is 14.5. The molecule has 0 bridgehead atoms. The van der Waals surface area contributed by atoms with Gasteiger partial charge in [-0.25, -0.2) is 4.79 Å². The molecule has 4 aliphatic rings. The van der Waals surface area contributed by atoms with E-state index in [9.17, 15) is 24.9 Å². The summed E-state index contributed by atoms with van der Waals surface area (Å²) in [4.78, 5) is 24.8. The van der Waals surface area contributed by atoms with Crippen molar-refractivity contribution in [3.8, 4) is 0 Å². The number of aliphatic hydroxyl groups is 2. The Kier molecular flexibility index (Phi) is 9.49. The Morgan fingerprint density at radius 1 is 1.05 bits per heavy atom. The number of rotatable bonds is 5. The molecule has 0 spiro atoms. The van der Waals surface area contributed by atoms with Crippen LogP contribution in [0.2, 0.25) is 0 Å². The van der Waals surface area contributed by atoms with Gasteiger partial charge in [0.1, 0.15) is 6.10 Å². The Labute approximate surface area is 252 Å². The van der Waals surface area contributed by atoms with Crippen molar-refractivity contribution in [1.29, 1.82) is 0 Å². The maximum absolute atomic E-state index is 12.6. The van der Waals surface area contributed by atoms with Crippen LogP contribution >= 0.6 is 0 Å². The smallest absolute Gasteiger partial charge is 1.00 e. The minimum atomic E-state index is -0.953. The Morgan fingerprint density at radius 2 is 1.71 bits per heavy atom. The third kappa shape index (κ3) is 5.00. The number of carbonyl (C=O) groups is 2. The Bertz CT molecular complexity index is 1010. The third-order valence-corrected chi connectivity index (χ3v) is 11.6. The van der Waals surface area contributed by atoms with E-state index >= 15 is 0 Å². The van der Waals surface area contributed by atoms with Crippen molar-refractivity contribution >= 4 is 11.9 Å². The van der Waals surface area contributed by atoms with E-state index in [-0.39, 0.29) is 71.1 Å². The minimum absolute atomic E-state index is 0. The first-order valence-corrected chi connectivity index (χ1v) is 14.3. The van der Waals surface area contributed by atoms with Crippen molar-refractivity contribution < 1.29 is 60.6 Å². The molecule has 7 heteroatoms. The zero-order chi connectivity index (χ0) is 27.5. The number of hydrogen-bond acceptors (Lipinski definition) is 5. The minimum Gasteiger partial charge on any atom is -1.00 e.